The molecule has 1 aromatic carbocycles. The van der Waals surface area contributed by atoms with E-state index in [1.54, 1.807) is 6.92 Å². The van der Waals surface area contributed by atoms with Crippen LogP contribution in [0.15, 0.2) is 12.1 Å². The Morgan fingerprint density at radius 3 is 2.43 bits per heavy atom. The Morgan fingerprint density at radius 1 is 1.19 bits per heavy atom. The lowest BCUT2D eigenvalue weighted by Crippen LogP contribution is -2.55. The van der Waals surface area contributed by atoms with Gasteiger partial charge in [-0.3, -0.25) is 9.59 Å². The minimum atomic E-state index is -1.33. The molecule has 4 nitrogen and oxygen atoms in total. The van der Waals surface area contributed by atoms with Crippen molar-refractivity contribution >= 4 is 17.5 Å². The summed E-state index contributed by atoms with van der Waals surface area (Å²) in [5.41, 5.74) is -1.57. The zero-order valence-electron chi connectivity index (χ0n) is 11.7. The van der Waals surface area contributed by atoms with E-state index in [0.29, 0.717) is 18.6 Å². The van der Waals surface area contributed by atoms with Crippen LogP contribution in [0.1, 0.15) is 26.7 Å². The number of amides is 2. The van der Waals surface area contributed by atoms with E-state index < -0.39 is 28.9 Å². The molecule has 1 N–H and O–H groups in total. The molecule has 1 aliphatic rings. The average Bonchev–Trinajstić information content (AvgIpc) is 2.53. The van der Waals surface area contributed by atoms with Gasteiger partial charge in [0.05, 0.1) is 5.69 Å². The molecular weight excluding hydrogens is 285 g/mol. The fourth-order valence-electron chi connectivity index (χ4n) is 2.22. The van der Waals surface area contributed by atoms with Gasteiger partial charge in [0.25, 0.3) is 5.91 Å². The van der Waals surface area contributed by atoms with Crippen LogP contribution in [0.4, 0.5) is 18.9 Å². The summed E-state index contributed by atoms with van der Waals surface area (Å²) in [6.45, 7) is 3.12. The van der Waals surface area contributed by atoms with Crippen LogP contribution < -0.4 is 10.2 Å². The van der Waals surface area contributed by atoms with Crippen molar-refractivity contribution in [2.75, 3.05) is 11.4 Å². The van der Waals surface area contributed by atoms with Crippen LogP contribution in [0.5, 0.6) is 0 Å². The fraction of sp³-hybridized carbons (Fsp3) is 0.429. The molecule has 1 fully saturated rings. The van der Waals surface area contributed by atoms with Gasteiger partial charge in [0, 0.05) is 25.1 Å². The Balaban J connectivity index is 2.49. The summed E-state index contributed by atoms with van der Waals surface area (Å²) in [5.74, 6) is -4.53. The van der Waals surface area contributed by atoms with E-state index in [4.69, 9.17) is 0 Å². The summed E-state index contributed by atoms with van der Waals surface area (Å²) in [7, 11) is 0. The maximum atomic E-state index is 13.9. The standard InChI is InChI=1S/C14H15F3N2O2/c1-3-14(2)13(21)19(5-4-12(20)18-14)11-7-9(16)8(15)6-10(11)17/h6-7H,3-5H2,1-2H3,(H,18,20). The van der Waals surface area contributed by atoms with E-state index in [0.717, 1.165) is 4.90 Å². The van der Waals surface area contributed by atoms with Gasteiger partial charge in [0.1, 0.15) is 11.4 Å². The lowest BCUT2D eigenvalue weighted by molar-refractivity contribution is -0.129. The van der Waals surface area contributed by atoms with Gasteiger partial charge in [-0.15, -0.1) is 0 Å². The SMILES string of the molecule is CCC1(C)NC(=O)CCN(c2cc(F)c(F)cc2F)C1=O. The molecule has 1 heterocycles. The third kappa shape index (κ3) is 2.72. The number of nitrogens with one attached hydrogen (secondary N) is 1. The molecule has 0 aliphatic carbocycles. The molecule has 2 amide bonds. The molecule has 0 aromatic heterocycles. The molecule has 0 radical (unpaired) electrons. The van der Waals surface area contributed by atoms with Gasteiger partial charge in [-0.1, -0.05) is 6.92 Å². The first-order valence-electron chi connectivity index (χ1n) is 6.56. The van der Waals surface area contributed by atoms with E-state index in [1.165, 1.54) is 6.92 Å². The summed E-state index contributed by atoms with van der Waals surface area (Å²) in [6, 6.07) is 1.02. The average molecular weight is 300 g/mol. The molecule has 1 aromatic rings. The Bertz CT molecular complexity index is 606. The first-order chi connectivity index (χ1) is 9.78. The summed E-state index contributed by atoms with van der Waals surface area (Å²) in [4.78, 5) is 25.2. The van der Waals surface area contributed by atoms with Gasteiger partial charge in [0.15, 0.2) is 11.6 Å². The predicted molar refractivity (Wildman–Crippen MR) is 70.1 cm³/mol. The highest BCUT2D eigenvalue weighted by molar-refractivity contribution is 6.04. The van der Waals surface area contributed by atoms with Crippen LogP contribution in [0.25, 0.3) is 0 Å². The van der Waals surface area contributed by atoms with Gasteiger partial charge in [0.2, 0.25) is 5.91 Å². The number of halogens is 3. The molecule has 0 spiro atoms. The normalized spacial score (nSPS) is 23.0. The number of benzene rings is 1. The fourth-order valence-corrected chi connectivity index (χ4v) is 2.22. The number of hydrogen-bond donors (Lipinski definition) is 1. The Kier molecular flexibility index (Phi) is 3.93. The van der Waals surface area contributed by atoms with E-state index in [2.05, 4.69) is 5.32 Å². The first-order valence-corrected chi connectivity index (χ1v) is 6.56. The smallest absolute Gasteiger partial charge is 0.252 e. The topological polar surface area (TPSA) is 49.4 Å². The molecule has 1 atom stereocenters. The largest absolute Gasteiger partial charge is 0.342 e. The second-order valence-electron chi connectivity index (χ2n) is 5.16. The molecule has 0 saturated carbocycles. The first kappa shape index (κ1) is 15.3. The zero-order valence-corrected chi connectivity index (χ0v) is 11.7. The van der Waals surface area contributed by atoms with Crippen molar-refractivity contribution in [3.05, 3.63) is 29.6 Å². The Morgan fingerprint density at radius 2 is 1.81 bits per heavy atom. The second-order valence-corrected chi connectivity index (χ2v) is 5.16. The third-order valence-electron chi connectivity index (χ3n) is 3.68. The van der Waals surface area contributed by atoms with Crippen LogP contribution in [0.3, 0.4) is 0 Å². The van der Waals surface area contributed by atoms with E-state index in [1.807, 2.05) is 0 Å². The number of nitrogens with zero attached hydrogens (tertiary/aromatic N) is 1. The van der Waals surface area contributed by atoms with Crippen LogP contribution in [-0.2, 0) is 9.59 Å². The van der Waals surface area contributed by atoms with Gasteiger partial charge in [-0.05, 0) is 13.3 Å². The van der Waals surface area contributed by atoms with Crippen molar-refractivity contribution < 1.29 is 22.8 Å². The maximum Gasteiger partial charge on any atom is 0.252 e. The number of hydrogen-bond acceptors (Lipinski definition) is 2. The van der Waals surface area contributed by atoms with Crippen molar-refractivity contribution in [3.63, 3.8) is 0 Å². The highest BCUT2D eigenvalue weighted by Crippen LogP contribution is 2.27. The predicted octanol–water partition coefficient (Wildman–Crippen LogP) is 2.13. The van der Waals surface area contributed by atoms with E-state index in [9.17, 15) is 22.8 Å². The van der Waals surface area contributed by atoms with Crippen molar-refractivity contribution in [1.29, 1.82) is 0 Å². The molecule has 1 saturated heterocycles. The summed E-state index contributed by atoms with van der Waals surface area (Å²) < 4.78 is 40.2. The van der Waals surface area contributed by atoms with Crippen LogP contribution in [-0.4, -0.2) is 23.9 Å². The minimum Gasteiger partial charge on any atom is -0.342 e. The van der Waals surface area contributed by atoms with Gasteiger partial charge in [-0.2, -0.15) is 0 Å². The minimum absolute atomic E-state index is 0.0419. The Hall–Kier alpha value is -2.05. The van der Waals surface area contributed by atoms with Gasteiger partial charge < -0.3 is 10.2 Å². The van der Waals surface area contributed by atoms with Gasteiger partial charge in [-0.25, -0.2) is 13.2 Å². The summed E-state index contributed by atoms with van der Waals surface area (Å²) in [6.07, 6.45) is 0.249. The lowest BCUT2D eigenvalue weighted by Gasteiger charge is -2.31. The lowest BCUT2D eigenvalue weighted by atomic mass is 9.97. The van der Waals surface area contributed by atoms with E-state index in [-0.39, 0.29) is 24.6 Å². The zero-order chi connectivity index (χ0) is 15.8. The maximum absolute atomic E-state index is 13.9. The molecule has 114 valence electrons. The second kappa shape index (κ2) is 5.38. The quantitative estimate of drug-likeness (QED) is 0.851. The van der Waals surface area contributed by atoms with Crippen LogP contribution in [0.2, 0.25) is 0 Å². The van der Waals surface area contributed by atoms with Gasteiger partial charge >= 0.3 is 0 Å². The number of carbonyl (C=O) groups is 2. The molecular formula is C14H15F3N2O2. The van der Waals surface area contributed by atoms with Crippen molar-refractivity contribution in [2.45, 2.75) is 32.2 Å². The molecule has 1 aliphatic heterocycles. The van der Waals surface area contributed by atoms with Crippen LogP contribution >= 0.6 is 0 Å². The Labute approximate surface area is 119 Å². The highest BCUT2D eigenvalue weighted by atomic mass is 19.2. The molecule has 2 rings (SSSR count). The third-order valence-corrected chi connectivity index (χ3v) is 3.68. The van der Waals surface area contributed by atoms with Crippen molar-refractivity contribution in [3.8, 4) is 0 Å². The van der Waals surface area contributed by atoms with Crippen molar-refractivity contribution in [2.24, 2.45) is 0 Å². The van der Waals surface area contributed by atoms with Crippen LogP contribution in [0, 0.1) is 17.5 Å². The number of rotatable bonds is 2. The van der Waals surface area contributed by atoms with Crippen molar-refractivity contribution in [1.82, 2.24) is 5.32 Å². The highest BCUT2D eigenvalue weighted by Gasteiger charge is 2.40. The summed E-state index contributed by atoms with van der Waals surface area (Å²) in [5, 5.41) is 2.58. The number of carbonyl (C=O) groups excluding carboxylic acids is 2. The van der Waals surface area contributed by atoms with E-state index >= 15 is 0 Å². The monoisotopic (exact) mass is 300 g/mol. The number of anilines is 1. The molecule has 21 heavy (non-hydrogen) atoms. The molecule has 7 heteroatoms. The summed E-state index contributed by atoms with van der Waals surface area (Å²) >= 11 is 0. The molecule has 1 unspecified atom stereocenters. The molecule has 0 bridgehead atoms.